The minimum absolute atomic E-state index is 0.233. The molecule has 0 aromatic carbocycles. The number of pyridine rings is 1. The first-order valence-corrected chi connectivity index (χ1v) is 4.41. The molecule has 7 nitrogen and oxygen atoms in total. The van der Waals surface area contributed by atoms with Crippen LogP contribution in [0.5, 0.6) is 0 Å². The molecule has 0 saturated heterocycles. The third-order valence-corrected chi connectivity index (χ3v) is 1.70. The Bertz CT molecular complexity index is 419. The van der Waals surface area contributed by atoms with Gasteiger partial charge in [-0.25, -0.2) is 9.78 Å². The SMILES string of the molecule is COC(=O)c1cnc(NNC(C)=O)c(N)c1. The zero-order valence-electron chi connectivity index (χ0n) is 8.90. The fourth-order valence-corrected chi connectivity index (χ4v) is 0.963. The number of nitrogens with zero attached hydrogens (tertiary/aromatic N) is 1. The van der Waals surface area contributed by atoms with Crippen LogP contribution in [0.3, 0.4) is 0 Å². The average Bonchev–Trinajstić information content (AvgIpc) is 2.26. The van der Waals surface area contributed by atoms with E-state index >= 15 is 0 Å². The van der Waals surface area contributed by atoms with Gasteiger partial charge in [-0.2, -0.15) is 0 Å². The normalized spacial score (nSPS) is 9.38. The zero-order valence-corrected chi connectivity index (χ0v) is 8.90. The van der Waals surface area contributed by atoms with Gasteiger partial charge in [0.2, 0.25) is 5.91 Å². The number of hydrogen-bond acceptors (Lipinski definition) is 6. The fourth-order valence-electron chi connectivity index (χ4n) is 0.963. The van der Waals surface area contributed by atoms with Crippen molar-refractivity contribution < 1.29 is 14.3 Å². The van der Waals surface area contributed by atoms with Crippen molar-refractivity contribution in [3.63, 3.8) is 0 Å². The molecular formula is C9H12N4O3. The number of carbonyl (C=O) groups is 2. The minimum atomic E-state index is -0.523. The summed E-state index contributed by atoms with van der Waals surface area (Å²) in [6, 6.07) is 1.41. The first-order chi connectivity index (χ1) is 7.54. The van der Waals surface area contributed by atoms with E-state index in [9.17, 15) is 9.59 Å². The van der Waals surface area contributed by atoms with Crippen LogP contribution in [0, 0.1) is 0 Å². The summed E-state index contributed by atoms with van der Waals surface area (Å²) in [7, 11) is 1.27. The third kappa shape index (κ3) is 2.84. The van der Waals surface area contributed by atoms with Crippen molar-refractivity contribution in [2.24, 2.45) is 0 Å². The Labute approximate surface area is 92.0 Å². The summed E-state index contributed by atoms with van der Waals surface area (Å²) in [6.07, 6.45) is 1.30. The second-order valence-electron chi connectivity index (χ2n) is 2.96. The van der Waals surface area contributed by atoms with Gasteiger partial charge < -0.3 is 10.5 Å². The molecule has 1 aromatic rings. The lowest BCUT2D eigenvalue weighted by atomic mass is 10.2. The second-order valence-corrected chi connectivity index (χ2v) is 2.96. The van der Waals surface area contributed by atoms with Crippen LogP contribution in [0.4, 0.5) is 11.5 Å². The maximum atomic E-state index is 11.1. The Kier molecular flexibility index (Phi) is 3.65. The molecule has 0 aliphatic rings. The quantitative estimate of drug-likeness (QED) is 0.489. The van der Waals surface area contributed by atoms with Gasteiger partial charge in [0.15, 0.2) is 5.82 Å². The number of rotatable bonds is 3. The number of esters is 1. The number of hydrazine groups is 1. The van der Waals surface area contributed by atoms with Crippen molar-refractivity contribution in [1.29, 1.82) is 0 Å². The molecule has 0 radical (unpaired) electrons. The molecule has 1 heterocycles. The summed E-state index contributed by atoms with van der Waals surface area (Å²) in [4.78, 5) is 25.6. The van der Waals surface area contributed by atoms with E-state index in [4.69, 9.17) is 5.73 Å². The molecule has 7 heteroatoms. The van der Waals surface area contributed by atoms with Gasteiger partial charge in [-0.05, 0) is 6.07 Å². The molecule has 4 N–H and O–H groups in total. The van der Waals surface area contributed by atoms with Crippen molar-refractivity contribution in [3.8, 4) is 0 Å². The molecule has 0 aliphatic heterocycles. The van der Waals surface area contributed by atoms with Crippen molar-refractivity contribution in [2.45, 2.75) is 6.92 Å². The number of anilines is 2. The van der Waals surface area contributed by atoms with Crippen LogP contribution in [0.1, 0.15) is 17.3 Å². The van der Waals surface area contributed by atoms with Crippen molar-refractivity contribution in [2.75, 3.05) is 18.3 Å². The molecule has 0 unspecified atom stereocenters. The molecule has 86 valence electrons. The lowest BCUT2D eigenvalue weighted by Crippen LogP contribution is -2.27. The Morgan fingerprint density at radius 2 is 2.19 bits per heavy atom. The standard InChI is InChI=1S/C9H12N4O3/c1-5(14)12-13-8-7(10)3-6(4-11-8)9(15)16-2/h3-4H,10H2,1-2H3,(H,11,13)(H,12,14). The van der Waals surface area contributed by atoms with Gasteiger partial charge in [0.25, 0.3) is 0 Å². The van der Waals surface area contributed by atoms with E-state index in [0.29, 0.717) is 0 Å². The summed E-state index contributed by atoms with van der Waals surface area (Å²) in [5.74, 6) is -0.536. The highest BCUT2D eigenvalue weighted by Gasteiger charge is 2.09. The van der Waals surface area contributed by atoms with E-state index < -0.39 is 5.97 Å². The highest BCUT2D eigenvalue weighted by Crippen LogP contribution is 2.15. The molecule has 0 saturated carbocycles. The van der Waals surface area contributed by atoms with Gasteiger partial charge in [-0.3, -0.25) is 15.6 Å². The molecule has 0 atom stereocenters. The molecule has 1 amide bonds. The van der Waals surface area contributed by atoms with Crippen LogP contribution in [0.15, 0.2) is 12.3 Å². The number of methoxy groups -OCH3 is 1. The van der Waals surface area contributed by atoms with Crippen LogP contribution in [-0.4, -0.2) is 24.0 Å². The summed E-state index contributed by atoms with van der Waals surface area (Å²) in [6.45, 7) is 1.34. The number of aromatic nitrogens is 1. The maximum absolute atomic E-state index is 11.1. The topological polar surface area (TPSA) is 106 Å². The second kappa shape index (κ2) is 4.96. The Morgan fingerprint density at radius 1 is 1.50 bits per heavy atom. The Balaban J connectivity index is 2.83. The van der Waals surface area contributed by atoms with Gasteiger partial charge in [0, 0.05) is 13.1 Å². The highest BCUT2D eigenvalue weighted by atomic mass is 16.5. The monoisotopic (exact) mass is 224 g/mol. The van der Waals surface area contributed by atoms with E-state index in [1.54, 1.807) is 0 Å². The number of carbonyl (C=O) groups excluding carboxylic acids is 2. The summed E-state index contributed by atoms with van der Waals surface area (Å²) < 4.78 is 4.50. The summed E-state index contributed by atoms with van der Waals surface area (Å²) in [5.41, 5.74) is 10.9. The molecule has 1 rings (SSSR count). The Morgan fingerprint density at radius 3 is 2.69 bits per heavy atom. The van der Waals surface area contributed by atoms with Crippen molar-refractivity contribution in [1.82, 2.24) is 10.4 Å². The van der Waals surface area contributed by atoms with Gasteiger partial charge in [-0.15, -0.1) is 0 Å². The van der Waals surface area contributed by atoms with Gasteiger partial charge >= 0.3 is 5.97 Å². The number of amides is 1. The van der Waals surface area contributed by atoms with Gasteiger partial charge in [0.05, 0.1) is 18.4 Å². The predicted molar refractivity (Wildman–Crippen MR) is 57.4 cm³/mol. The van der Waals surface area contributed by atoms with Crippen LogP contribution >= 0.6 is 0 Å². The number of hydrogen-bond donors (Lipinski definition) is 3. The van der Waals surface area contributed by atoms with E-state index in [1.165, 1.54) is 26.3 Å². The van der Waals surface area contributed by atoms with E-state index in [0.717, 1.165) is 0 Å². The predicted octanol–water partition coefficient (Wildman–Crippen LogP) is -0.0866. The molecule has 0 aliphatic carbocycles. The molecule has 0 bridgehead atoms. The zero-order chi connectivity index (χ0) is 12.1. The van der Waals surface area contributed by atoms with Gasteiger partial charge in [-0.1, -0.05) is 0 Å². The lowest BCUT2D eigenvalue weighted by Gasteiger charge is -2.08. The highest BCUT2D eigenvalue weighted by molar-refractivity contribution is 5.91. The van der Waals surface area contributed by atoms with E-state index in [2.05, 4.69) is 20.6 Å². The van der Waals surface area contributed by atoms with Gasteiger partial charge in [0.1, 0.15) is 0 Å². The van der Waals surface area contributed by atoms with E-state index in [-0.39, 0.29) is 23.0 Å². The summed E-state index contributed by atoms with van der Waals surface area (Å²) >= 11 is 0. The first-order valence-electron chi connectivity index (χ1n) is 4.41. The van der Waals surface area contributed by atoms with Crippen molar-refractivity contribution in [3.05, 3.63) is 17.8 Å². The minimum Gasteiger partial charge on any atom is -0.465 e. The van der Waals surface area contributed by atoms with Crippen LogP contribution < -0.4 is 16.6 Å². The van der Waals surface area contributed by atoms with Crippen LogP contribution in [0.2, 0.25) is 0 Å². The van der Waals surface area contributed by atoms with Crippen molar-refractivity contribution >= 4 is 23.4 Å². The van der Waals surface area contributed by atoms with Crippen LogP contribution in [-0.2, 0) is 9.53 Å². The number of nitrogens with one attached hydrogen (secondary N) is 2. The molecule has 0 spiro atoms. The average molecular weight is 224 g/mol. The number of ether oxygens (including phenoxy) is 1. The summed E-state index contributed by atoms with van der Waals surface area (Å²) in [5, 5.41) is 0. The number of nitrogens with two attached hydrogens (primary N) is 1. The first kappa shape index (κ1) is 11.8. The van der Waals surface area contributed by atoms with Crippen LogP contribution in [0.25, 0.3) is 0 Å². The largest absolute Gasteiger partial charge is 0.465 e. The smallest absolute Gasteiger partial charge is 0.339 e. The maximum Gasteiger partial charge on any atom is 0.339 e. The molecule has 1 aromatic heterocycles. The fraction of sp³-hybridized carbons (Fsp3) is 0.222. The van der Waals surface area contributed by atoms with E-state index in [1.807, 2.05) is 0 Å². The third-order valence-electron chi connectivity index (χ3n) is 1.70. The molecule has 0 fully saturated rings. The Hall–Kier alpha value is -2.31. The number of nitrogen functional groups attached to an aromatic ring is 1. The molecular weight excluding hydrogens is 212 g/mol. The molecule has 16 heavy (non-hydrogen) atoms. The lowest BCUT2D eigenvalue weighted by molar-refractivity contribution is -0.118.